The van der Waals surface area contributed by atoms with E-state index in [-0.39, 0.29) is 12.2 Å². The number of hydrogen-bond acceptors (Lipinski definition) is 4. The second-order valence-corrected chi connectivity index (χ2v) is 6.02. The topological polar surface area (TPSA) is 44.8 Å². The van der Waals surface area contributed by atoms with Crippen molar-refractivity contribution in [3.63, 3.8) is 0 Å². The van der Waals surface area contributed by atoms with Gasteiger partial charge in [0.1, 0.15) is 16.7 Å². The Bertz CT molecular complexity index is 524. The third-order valence-corrected chi connectivity index (χ3v) is 3.63. The number of rotatable bonds is 4. The molecule has 2 rings (SSSR count). The number of carbonyl (C=O) groups excluding carboxylic acids is 1. The molecule has 0 N–H and O–H groups in total. The first kappa shape index (κ1) is 16.2. The lowest BCUT2D eigenvalue weighted by molar-refractivity contribution is -0.144. The summed E-state index contributed by atoms with van der Waals surface area (Å²) in [6.07, 6.45) is 1.08. The van der Waals surface area contributed by atoms with Crippen LogP contribution in [0.4, 0.5) is 0 Å². The van der Waals surface area contributed by atoms with Crippen molar-refractivity contribution in [1.82, 2.24) is 0 Å². The Morgan fingerprint density at radius 2 is 2.00 bits per heavy atom. The van der Waals surface area contributed by atoms with Crippen molar-refractivity contribution in [2.45, 2.75) is 38.8 Å². The van der Waals surface area contributed by atoms with E-state index in [9.17, 15) is 4.79 Å². The third-order valence-electron chi connectivity index (χ3n) is 3.04. The highest BCUT2D eigenvalue weighted by Gasteiger charge is 2.41. The summed E-state index contributed by atoms with van der Waals surface area (Å²) in [6, 6.07) is 9.81. The third kappa shape index (κ3) is 4.15. The molecule has 1 fully saturated rings. The van der Waals surface area contributed by atoms with Gasteiger partial charge in [0.25, 0.3) is 0 Å². The zero-order valence-electron chi connectivity index (χ0n) is 12.3. The highest BCUT2D eigenvalue weighted by atomic mass is 79.9. The number of carbonyl (C=O) groups is 1. The molecule has 2 atom stereocenters. The van der Waals surface area contributed by atoms with Crippen molar-refractivity contribution in [1.29, 1.82) is 0 Å². The molecule has 1 aliphatic heterocycles. The molecule has 0 aliphatic carbocycles. The van der Waals surface area contributed by atoms with Crippen LogP contribution < -0.4 is 0 Å². The lowest BCUT2D eigenvalue weighted by Crippen LogP contribution is -2.21. The van der Waals surface area contributed by atoms with E-state index >= 15 is 0 Å². The number of halogens is 1. The van der Waals surface area contributed by atoms with Crippen LogP contribution in [0.15, 0.2) is 40.9 Å². The molecule has 5 heteroatoms. The van der Waals surface area contributed by atoms with Gasteiger partial charge in [-0.25, -0.2) is 4.79 Å². The lowest BCUT2D eigenvalue weighted by atomic mass is 10.0. The first-order valence-corrected chi connectivity index (χ1v) is 7.67. The van der Waals surface area contributed by atoms with Gasteiger partial charge in [-0.3, -0.25) is 0 Å². The maximum Gasteiger partial charge on any atom is 0.344 e. The molecule has 0 aromatic heterocycles. The molecular formula is C16H19BrO4. The molecule has 1 heterocycles. The minimum absolute atomic E-state index is 0.261. The van der Waals surface area contributed by atoms with Crippen LogP contribution >= 0.6 is 15.9 Å². The van der Waals surface area contributed by atoms with Gasteiger partial charge in [0.15, 0.2) is 5.79 Å². The Morgan fingerprint density at radius 1 is 1.33 bits per heavy atom. The highest BCUT2D eigenvalue weighted by Crippen LogP contribution is 2.39. The molecule has 0 spiro atoms. The zero-order valence-corrected chi connectivity index (χ0v) is 13.9. The molecule has 4 nitrogen and oxygen atoms in total. The van der Waals surface area contributed by atoms with Crippen LogP contribution in [-0.4, -0.2) is 24.5 Å². The fourth-order valence-corrected chi connectivity index (χ4v) is 2.60. The monoisotopic (exact) mass is 354 g/mol. The summed E-state index contributed by atoms with van der Waals surface area (Å²) < 4.78 is 17.1. The maximum atomic E-state index is 11.7. The summed E-state index contributed by atoms with van der Waals surface area (Å²) in [7, 11) is 0. The summed E-state index contributed by atoms with van der Waals surface area (Å²) in [5.74, 6) is -1.11. The number of hydrogen-bond donors (Lipinski definition) is 0. The summed E-state index contributed by atoms with van der Waals surface area (Å²) in [5.41, 5.74) is 1.01. The van der Waals surface area contributed by atoms with Gasteiger partial charge >= 0.3 is 5.97 Å². The summed E-state index contributed by atoms with van der Waals surface area (Å²) in [6.45, 7) is 5.81. The number of benzene rings is 1. The molecule has 1 saturated heterocycles. The summed E-state index contributed by atoms with van der Waals surface area (Å²) >= 11 is 3.24. The number of esters is 1. The Labute approximate surface area is 133 Å². The van der Waals surface area contributed by atoms with Crippen LogP contribution in [0.1, 0.15) is 32.4 Å². The maximum absolute atomic E-state index is 11.7. The van der Waals surface area contributed by atoms with Gasteiger partial charge in [0.05, 0.1) is 6.61 Å². The van der Waals surface area contributed by atoms with Gasteiger partial charge in [-0.2, -0.15) is 0 Å². The van der Waals surface area contributed by atoms with Crippen LogP contribution in [0.3, 0.4) is 0 Å². The number of ether oxygens (including phenoxy) is 3. The second-order valence-electron chi connectivity index (χ2n) is 5.17. The Balaban J connectivity index is 2.23. The van der Waals surface area contributed by atoms with Crippen molar-refractivity contribution in [3.05, 3.63) is 46.5 Å². The fourth-order valence-electron chi connectivity index (χ4n) is 2.22. The zero-order chi connectivity index (χ0) is 15.5. The summed E-state index contributed by atoms with van der Waals surface area (Å²) in [5, 5.41) is 0. The minimum Gasteiger partial charge on any atom is -0.462 e. The molecule has 1 aromatic rings. The second kappa shape index (κ2) is 6.73. The molecule has 0 bridgehead atoms. The van der Waals surface area contributed by atoms with Crippen LogP contribution in [0.2, 0.25) is 0 Å². The summed E-state index contributed by atoms with van der Waals surface area (Å²) in [4.78, 5) is 11.7. The van der Waals surface area contributed by atoms with E-state index in [0.717, 1.165) is 5.56 Å². The standard InChI is InChI=1S/C16H19BrO4/c1-4-19-15(18)12(17)10-13-14(21-16(2,3)20-13)11-8-6-5-7-9-11/h5-10,13-14H,4H2,1-3H3/b12-10-/t13-,14-/m0/s1. The van der Waals surface area contributed by atoms with Gasteiger partial charge in [-0.1, -0.05) is 30.3 Å². The molecule has 0 unspecified atom stereocenters. The minimum atomic E-state index is -0.705. The molecule has 1 aromatic carbocycles. The predicted octanol–water partition coefficient (Wildman–Crippen LogP) is 3.72. The van der Waals surface area contributed by atoms with Gasteiger partial charge in [-0.15, -0.1) is 0 Å². The average molecular weight is 355 g/mol. The molecule has 0 radical (unpaired) electrons. The normalized spacial score (nSPS) is 24.9. The van der Waals surface area contributed by atoms with Crippen molar-refractivity contribution >= 4 is 21.9 Å². The fraction of sp³-hybridized carbons (Fsp3) is 0.438. The Morgan fingerprint density at radius 3 is 2.62 bits per heavy atom. The smallest absolute Gasteiger partial charge is 0.344 e. The van der Waals surface area contributed by atoms with E-state index in [1.54, 1.807) is 13.0 Å². The van der Waals surface area contributed by atoms with Crippen molar-refractivity contribution in [3.8, 4) is 0 Å². The van der Waals surface area contributed by atoms with Crippen molar-refractivity contribution in [2.75, 3.05) is 6.61 Å². The predicted molar refractivity (Wildman–Crippen MR) is 82.9 cm³/mol. The SMILES string of the molecule is CCOC(=O)/C(Br)=C/[C@@H]1OC(C)(C)O[C@H]1c1ccccc1. The van der Waals surface area contributed by atoms with Crippen molar-refractivity contribution < 1.29 is 19.0 Å². The van der Waals surface area contributed by atoms with Gasteiger partial charge in [0.2, 0.25) is 0 Å². The van der Waals surface area contributed by atoms with Gasteiger partial charge in [-0.05, 0) is 48.3 Å². The lowest BCUT2D eigenvalue weighted by Gasteiger charge is -2.16. The molecule has 21 heavy (non-hydrogen) atoms. The van der Waals surface area contributed by atoms with Crippen molar-refractivity contribution in [2.24, 2.45) is 0 Å². The van der Waals surface area contributed by atoms with Gasteiger partial charge in [0, 0.05) is 0 Å². The van der Waals surface area contributed by atoms with E-state index in [2.05, 4.69) is 15.9 Å². The molecule has 114 valence electrons. The Kier molecular flexibility index (Phi) is 5.19. The van der Waals surface area contributed by atoms with Crippen LogP contribution in [0.5, 0.6) is 0 Å². The molecule has 1 aliphatic rings. The van der Waals surface area contributed by atoms with Crippen LogP contribution in [0, 0.1) is 0 Å². The Hall–Kier alpha value is -1.17. The first-order chi connectivity index (χ1) is 9.93. The molecule has 0 saturated carbocycles. The van der Waals surface area contributed by atoms with E-state index in [1.807, 2.05) is 44.2 Å². The van der Waals surface area contributed by atoms with Gasteiger partial charge < -0.3 is 14.2 Å². The average Bonchev–Trinajstić information content (AvgIpc) is 2.75. The van der Waals surface area contributed by atoms with E-state index in [0.29, 0.717) is 11.1 Å². The van der Waals surface area contributed by atoms with Crippen LogP contribution in [0.25, 0.3) is 0 Å². The largest absolute Gasteiger partial charge is 0.462 e. The van der Waals surface area contributed by atoms with Crippen LogP contribution in [-0.2, 0) is 19.0 Å². The molecular weight excluding hydrogens is 336 g/mol. The highest BCUT2D eigenvalue weighted by molar-refractivity contribution is 9.12. The van der Waals surface area contributed by atoms with E-state index in [4.69, 9.17) is 14.2 Å². The van der Waals surface area contributed by atoms with E-state index in [1.165, 1.54) is 0 Å². The quantitative estimate of drug-likeness (QED) is 0.610. The molecule has 0 amide bonds. The first-order valence-electron chi connectivity index (χ1n) is 6.88. The van der Waals surface area contributed by atoms with E-state index < -0.39 is 11.8 Å².